The van der Waals surface area contributed by atoms with Crippen molar-refractivity contribution in [2.24, 2.45) is 35.3 Å². The van der Waals surface area contributed by atoms with Crippen LogP contribution in [0.2, 0.25) is 0 Å². The lowest BCUT2D eigenvalue weighted by molar-refractivity contribution is -0.128. The zero-order valence-corrected chi connectivity index (χ0v) is 23.9. The van der Waals surface area contributed by atoms with Crippen LogP contribution in [-0.2, 0) is 20.7 Å². The molecule has 2 amide bonds. The summed E-state index contributed by atoms with van der Waals surface area (Å²) in [4.78, 5) is 24.0. The lowest BCUT2D eigenvalue weighted by Crippen LogP contribution is -2.40. The maximum Gasteiger partial charge on any atom is 0.223 e. The van der Waals surface area contributed by atoms with Gasteiger partial charge in [-0.05, 0) is 61.1 Å². The van der Waals surface area contributed by atoms with Gasteiger partial charge < -0.3 is 30.4 Å². The molecule has 0 aromatic heterocycles. The van der Waals surface area contributed by atoms with Crippen LogP contribution in [0.25, 0.3) is 0 Å². The highest BCUT2D eigenvalue weighted by atomic mass is 16.5. The Balaban J connectivity index is 2.74. The van der Waals surface area contributed by atoms with Gasteiger partial charge in [0.15, 0.2) is 11.5 Å². The number of benzene rings is 1. The van der Waals surface area contributed by atoms with E-state index < -0.39 is 17.9 Å². The van der Waals surface area contributed by atoms with Crippen LogP contribution in [0.4, 0.5) is 0 Å². The average Bonchev–Trinajstić information content (AvgIpc) is 2.85. The van der Waals surface area contributed by atoms with E-state index in [1.165, 1.54) is 5.56 Å². The fourth-order valence-electron chi connectivity index (χ4n) is 4.30. The first-order chi connectivity index (χ1) is 17.5. The number of carbonyl (C=O) groups is 2. The molecule has 37 heavy (non-hydrogen) atoms. The maximum atomic E-state index is 12.7. The van der Waals surface area contributed by atoms with E-state index in [0.717, 1.165) is 25.0 Å². The number of aliphatic hydroxyl groups is 1. The molecule has 0 saturated heterocycles. The number of aliphatic hydroxyl groups excluding tert-OH is 1. The van der Waals surface area contributed by atoms with Crippen LogP contribution >= 0.6 is 0 Å². The number of amides is 2. The molecule has 0 aliphatic rings. The minimum atomic E-state index is -0.580. The number of hydrogen-bond acceptors (Lipinski definition) is 6. The highest BCUT2D eigenvalue weighted by Gasteiger charge is 2.27. The van der Waals surface area contributed by atoms with Crippen molar-refractivity contribution in [1.29, 1.82) is 0 Å². The van der Waals surface area contributed by atoms with E-state index in [9.17, 15) is 14.7 Å². The molecule has 0 aliphatic carbocycles. The molecule has 4 unspecified atom stereocenters. The summed E-state index contributed by atoms with van der Waals surface area (Å²) in [6.07, 6.45) is 2.94. The van der Waals surface area contributed by atoms with Crippen molar-refractivity contribution in [3.8, 4) is 11.5 Å². The lowest BCUT2D eigenvalue weighted by atomic mass is 9.82. The topological polar surface area (TPSA) is 120 Å². The summed E-state index contributed by atoms with van der Waals surface area (Å²) in [7, 11) is 3.31. The standard InChI is InChI=1S/C29H50N2O6/c1-19(2)23(15-22-9-12-26(36-7)27(16-22)37-14-8-13-35-6)10-11-24(32)17-25(20(3)4)29(34)31-18-21(5)28(30)33/h9,12,16,19-21,23-25,32H,8,10-11,13-15,17-18H2,1-7H3,(H2,30,33)(H,31,34). The molecule has 4 N–H and O–H groups in total. The zero-order valence-electron chi connectivity index (χ0n) is 23.9. The summed E-state index contributed by atoms with van der Waals surface area (Å²) < 4.78 is 16.5. The van der Waals surface area contributed by atoms with Crippen molar-refractivity contribution in [3.63, 3.8) is 0 Å². The summed E-state index contributed by atoms with van der Waals surface area (Å²) >= 11 is 0. The third-order valence-corrected chi connectivity index (χ3v) is 7.03. The summed E-state index contributed by atoms with van der Waals surface area (Å²) in [6.45, 7) is 11.5. The van der Waals surface area contributed by atoms with E-state index >= 15 is 0 Å². The predicted molar refractivity (Wildman–Crippen MR) is 147 cm³/mol. The smallest absolute Gasteiger partial charge is 0.223 e. The summed E-state index contributed by atoms with van der Waals surface area (Å²) in [6, 6.07) is 6.06. The number of carbonyl (C=O) groups excluding carboxylic acids is 2. The number of nitrogens with two attached hydrogens (primary N) is 1. The van der Waals surface area contributed by atoms with Gasteiger partial charge >= 0.3 is 0 Å². The molecule has 212 valence electrons. The Bertz CT molecular complexity index is 814. The van der Waals surface area contributed by atoms with E-state index in [-0.39, 0.29) is 24.3 Å². The molecule has 0 fully saturated rings. The van der Waals surface area contributed by atoms with Gasteiger partial charge in [0.05, 0.1) is 25.7 Å². The first-order valence-electron chi connectivity index (χ1n) is 13.5. The van der Waals surface area contributed by atoms with E-state index in [0.29, 0.717) is 43.6 Å². The normalized spacial score (nSPS) is 14.8. The molecule has 1 aromatic rings. The van der Waals surface area contributed by atoms with Gasteiger partial charge in [-0.1, -0.05) is 40.7 Å². The largest absolute Gasteiger partial charge is 0.493 e. The highest BCUT2D eigenvalue weighted by molar-refractivity contribution is 5.81. The van der Waals surface area contributed by atoms with Crippen LogP contribution in [0.1, 0.15) is 65.9 Å². The number of nitrogens with one attached hydrogen (secondary N) is 1. The first-order valence-corrected chi connectivity index (χ1v) is 13.5. The number of hydrogen-bond donors (Lipinski definition) is 3. The van der Waals surface area contributed by atoms with Crippen LogP contribution in [0.15, 0.2) is 18.2 Å². The fourth-order valence-corrected chi connectivity index (χ4v) is 4.30. The molecule has 1 aromatic carbocycles. The quantitative estimate of drug-likeness (QED) is 0.237. The molecule has 8 nitrogen and oxygen atoms in total. The van der Waals surface area contributed by atoms with Gasteiger partial charge in [-0.3, -0.25) is 9.59 Å². The molecule has 0 saturated carbocycles. The van der Waals surface area contributed by atoms with E-state index in [1.54, 1.807) is 21.1 Å². The van der Waals surface area contributed by atoms with Crippen LogP contribution in [0.5, 0.6) is 11.5 Å². The Morgan fingerprint density at radius 2 is 1.70 bits per heavy atom. The van der Waals surface area contributed by atoms with E-state index in [1.807, 2.05) is 26.0 Å². The van der Waals surface area contributed by atoms with Crippen molar-refractivity contribution in [2.75, 3.05) is 34.0 Å². The summed E-state index contributed by atoms with van der Waals surface area (Å²) in [5.41, 5.74) is 6.46. The molecule has 0 radical (unpaired) electrons. The van der Waals surface area contributed by atoms with Crippen molar-refractivity contribution < 1.29 is 28.9 Å². The zero-order chi connectivity index (χ0) is 28.0. The van der Waals surface area contributed by atoms with Crippen molar-refractivity contribution in [3.05, 3.63) is 23.8 Å². The molecule has 0 spiro atoms. The van der Waals surface area contributed by atoms with Gasteiger partial charge in [-0.2, -0.15) is 0 Å². The van der Waals surface area contributed by atoms with Gasteiger partial charge in [0.25, 0.3) is 0 Å². The second-order valence-corrected chi connectivity index (χ2v) is 10.8. The van der Waals surface area contributed by atoms with Crippen LogP contribution in [-0.4, -0.2) is 57.0 Å². The molecule has 1 rings (SSSR count). The Hall–Kier alpha value is -2.32. The van der Waals surface area contributed by atoms with Crippen LogP contribution < -0.4 is 20.5 Å². The molecule has 0 bridgehead atoms. The summed E-state index contributed by atoms with van der Waals surface area (Å²) in [5, 5.41) is 13.7. The van der Waals surface area contributed by atoms with Crippen LogP contribution in [0.3, 0.4) is 0 Å². The average molecular weight is 523 g/mol. The second-order valence-electron chi connectivity index (χ2n) is 10.8. The van der Waals surface area contributed by atoms with Gasteiger partial charge in [0.1, 0.15) is 0 Å². The van der Waals surface area contributed by atoms with E-state index in [2.05, 4.69) is 25.2 Å². The minimum Gasteiger partial charge on any atom is -0.493 e. The fraction of sp³-hybridized carbons (Fsp3) is 0.724. The minimum absolute atomic E-state index is 0.0704. The first kappa shape index (κ1) is 32.7. The SMILES string of the molecule is COCCCOc1cc(CC(CCC(O)CC(C(=O)NCC(C)C(N)=O)C(C)C)C(C)C)ccc1OC. The molecular formula is C29H50N2O6. The third kappa shape index (κ3) is 12.2. The Morgan fingerprint density at radius 3 is 2.27 bits per heavy atom. The number of rotatable bonds is 19. The number of ether oxygens (including phenoxy) is 3. The second kappa shape index (κ2) is 17.2. The van der Waals surface area contributed by atoms with Crippen LogP contribution in [0, 0.1) is 29.6 Å². The third-order valence-electron chi connectivity index (χ3n) is 7.03. The van der Waals surface area contributed by atoms with Gasteiger partial charge in [-0.15, -0.1) is 0 Å². The Morgan fingerprint density at radius 1 is 1.00 bits per heavy atom. The number of methoxy groups -OCH3 is 2. The highest BCUT2D eigenvalue weighted by Crippen LogP contribution is 2.32. The summed E-state index contributed by atoms with van der Waals surface area (Å²) in [5.74, 6) is 0.973. The molecular weight excluding hydrogens is 472 g/mol. The predicted octanol–water partition coefficient (Wildman–Crippen LogP) is 3.97. The van der Waals surface area contributed by atoms with E-state index in [4.69, 9.17) is 19.9 Å². The molecule has 0 aliphatic heterocycles. The van der Waals surface area contributed by atoms with Gasteiger partial charge in [-0.25, -0.2) is 0 Å². The maximum absolute atomic E-state index is 12.7. The molecule has 4 atom stereocenters. The van der Waals surface area contributed by atoms with Gasteiger partial charge in [0.2, 0.25) is 11.8 Å². The van der Waals surface area contributed by atoms with Crippen molar-refractivity contribution in [2.45, 2.75) is 72.8 Å². The Labute approximate surface area is 223 Å². The Kier molecular flexibility index (Phi) is 15.2. The van der Waals surface area contributed by atoms with Crippen molar-refractivity contribution in [1.82, 2.24) is 5.32 Å². The van der Waals surface area contributed by atoms with Gasteiger partial charge in [0, 0.05) is 32.6 Å². The number of primary amides is 1. The lowest BCUT2D eigenvalue weighted by Gasteiger charge is -2.26. The molecule has 0 heterocycles. The van der Waals surface area contributed by atoms with Crippen molar-refractivity contribution >= 4 is 11.8 Å². The molecule has 8 heteroatoms. The monoisotopic (exact) mass is 522 g/mol.